The molecule has 12 rings (SSSR count). The van der Waals surface area contributed by atoms with E-state index in [2.05, 4.69) is 166 Å². The van der Waals surface area contributed by atoms with Crippen LogP contribution in [0.5, 0.6) is 0 Å². The van der Waals surface area contributed by atoms with Crippen molar-refractivity contribution in [3.05, 3.63) is 248 Å². The van der Waals surface area contributed by atoms with Crippen molar-refractivity contribution in [2.75, 3.05) is 0 Å². The Morgan fingerprint density at radius 1 is 0.525 bits per heavy atom. The zero-order chi connectivity index (χ0) is 39.2. The Bertz CT molecular complexity index is 3070. The van der Waals surface area contributed by atoms with Crippen molar-refractivity contribution in [1.29, 1.82) is 0 Å². The SMILES string of the molecule is CC1=C(c2cccc3c2Cc2cc(-c4ccccn4)cc(C)c2B3c2ccnc3c2CC2=C3c3cccnc3C2c2ccccc2)c2ccccc2C1c1ccccc1. The normalized spacial score (nSPS) is 17.0. The minimum absolute atomic E-state index is 0.0364. The van der Waals surface area contributed by atoms with Gasteiger partial charge in [0.25, 0.3) is 0 Å². The third-order valence-corrected chi connectivity index (χ3v) is 13.6. The van der Waals surface area contributed by atoms with Crippen molar-refractivity contribution < 1.29 is 0 Å². The van der Waals surface area contributed by atoms with Gasteiger partial charge in [-0.25, -0.2) is 0 Å². The third-order valence-electron chi connectivity index (χ3n) is 13.6. The summed E-state index contributed by atoms with van der Waals surface area (Å²) in [7, 11) is 0. The Morgan fingerprint density at radius 2 is 1.24 bits per heavy atom. The molecule has 0 spiro atoms. The van der Waals surface area contributed by atoms with Crippen LogP contribution in [0.15, 0.2) is 181 Å². The Morgan fingerprint density at radius 3 is 2.05 bits per heavy atom. The van der Waals surface area contributed by atoms with E-state index in [1.807, 2.05) is 18.5 Å². The third kappa shape index (κ3) is 5.12. The highest BCUT2D eigenvalue weighted by Crippen LogP contribution is 2.52. The number of fused-ring (bicyclic) bond motifs is 7. The number of nitrogens with zero attached hydrogens (tertiary/aromatic N) is 3. The van der Waals surface area contributed by atoms with E-state index in [1.54, 1.807) is 0 Å². The second-order valence-corrected chi connectivity index (χ2v) is 16.6. The molecule has 1 aliphatic heterocycles. The molecule has 278 valence electrons. The van der Waals surface area contributed by atoms with Crippen LogP contribution in [0, 0.1) is 6.92 Å². The van der Waals surface area contributed by atoms with E-state index in [0.717, 1.165) is 29.9 Å². The van der Waals surface area contributed by atoms with Gasteiger partial charge in [0.2, 0.25) is 6.71 Å². The summed E-state index contributed by atoms with van der Waals surface area (Å²) in [6, 6.07) is 55.8. The Labute approximate surface area is 346 Å². The first-order chi connectivity index (χ1) is 29.1. The Kier molecular flexibility index (Phi) is 7.72. The van der Waals surface area contributed by atoms with Crippen LogP contribution < -0.4 is 16.4 Å². The summed E-state index contributed by atoms with van der Waals surface area (Å²) in [6.45, 7) is 4.71. The number of allylic oxidation sites excluding steroid dienone is 2. The molecule has 2 atom stereocenters. The largest absolute Gasteiger partial charge is 0.260 e. The fourth-order valence-corrected chi connectivity index (χ4v) is 11.3. The molecule has 0 amide bonds. The first kappa shape index (κ1) is 34.2. The highest BCUT2D eigenvalue weighted by atomic mass is 14.7. The van der Waals surface area contributed by atoms with Gasteiger partial charge in [0.05, 0.1) is 17.1 Å². The number of hydrogen-bond acceptors (Lipinski definition) is 3. The van der Waals surface area contributed by atoms with Gasteiger partial charge in [0.1, 0.15) is 0 Å². The van der Waals surface area contributed by atoms with E-state index >= 15 is 0 Å². The van der Waals surface area contributed by atoms with Gasteiger partial charge >= 0.3 is 0 Å². The number of rotatable bonds is 5. The second-order valence-electron chi connectivity index (χ2n) is 16.6. The average Bonchev–Trinajstić information content (AvgIpc) is 3.92. The number of aromatic nitrogens is 3. The Balaban J connectivity index is 1.08. The first-order valence-corrected chi connectivity index (χ1v) is 20.9. The van der Waals surface area contributed by atoms with Crippen molar-refractivity contribution in [2.24, 2.45) is 0 Å². The summed E-state index contributed by atoms with van der Waals surface area (Å²) < 4.78 is 0. The molecule has 5 aromatic carbocycles. The molecule has 8 aromatic rings. The molecule has 59 heavy (non-hydrogen) atoms. The summed E-state index contributed by atoms with van der Waals surface area (Å²) in [6.07, 6.45) is 7.62. The molecular formula is C55H40BN3. The van der Waals surface area contributed by atoms with Crippen LogP contribution in [-0.4, -0.2) is 21.7 Å². The molecule has 0 saturated heterocycles. The number of benzene rings is 5. The predicted molar refractivity (Wildman–Crippen MR) is 241 cm³/mol. The van der Waals surface area contributed by atoms with Crippen LogP contribution in [0.2, 0.25) is 0 Å². The topological polar surface area (TPSA) is 38.7 Å². The van der Waals surface area contributed by atoms with Crippen molar-refractivity contribution in [2.45, 2.75) is 38.5 Å². The zero-order valence-corrected chi connectivity index (χ0v) is 33.2. The van der Waals surface area contributed by atoms with Crippen LogP contribution in [-0.2, 0) is 12.8 Å². The molecule has 0 bridgehead atoms. The van der Waals surface area contributed by atoms with E-state index in [4.69, 9.17) is 15.0 Å². The van der Waals surface area contributed by atoms with Crippen molar-refractivity contribution >= 4 is 34.2 Å². The van der Waals surface area contributed by atoms with E-state index in [1.165, 1.54) is 99.9 Å². The minimum atomic E-state index is 0.0364. The highest BCUT2D eigenvalue weighted by Gasteiger charge is 2.43. The van der Waals surface area contributed by atoms with Crippen LogP contribution in [0.1, 0.15) is 85.8 Å². The molecule has 0 N–H and O–H groups in total. The molecule has 4 heteroatoms. The molecule has 3 nitrogen and oxygen atoms in total. The second kappa shape index (κ2) is 13.3. The molecule has 0 radical (unpaired) electrons. The molecule has 4 heterocycles. The summed E-state index contributed by atoms with van der Waals surface area (Å²) >= 11 is 0. The maximum absolute atomic E-state index is 5.22. The maximum atomic E-state index is 5.22. The van der Waals surface area contributed by atoms with Gasteiger partial charge in [0, 0.05) is 47.1 Å². The van der Waals surface area contributed by atoms with Gasteiger partial charge in [-0.1, -0.05) is 149 Å². The molecule has 2 unspecified atom stereocenters. The van der Waals surface area contributed by atoms with Gasteiger partial charge < -0.3 is 0 Å². The lowest BCUT2D eigenvalue weighted by Gasteiger charge is -2.32. The fourth-order valence-electron chi connectivity index (χ4n) is 11.3. The van der Waals surface area contributed by atoms with Crippen molar-refractivity contribution in [3.8, 4) is 11.3 Å². The summed E-state index contributed by atoms with van der Waals surface area (Å²) in [4.78, 5) is 15.0. The number of aryl methyl sites for hydroxylation is 1. The van der Waals surface area contributed by atoms with Crippen LogP contribution in [0.4, 0.5) is 0 Å². The molecule has 0 fully saturated rings. The van der Waals surface area contributed by atoms with Crippen molar-refractivity contribution in [3.63, 3.8) is 0 Å². The lowest BCUT2D eigenvalue weighted by atomic mass is 9.32. The predicted octanol–water partition coefficient (Wildman–Crippen LogP) is 9.74. The molecular weight excluding hydrogens is 713 g/mol. The van der Waals surface area contributed by atoms with Gasteiger partial charge in [-0.2, -0.15) is 0 Å². The standard InChI is InChI=1S/C55H40BN3/c1-33-29-37(48-24-11-12-26-57-48)30-38-31-43-41(50-34(2)49(35-15-5-3-6-16-35)39-19-9-10-20-40(39)50)21-13-23-46(43)56(53(33)38)47-25-28-59-55-44(47)32-45-51(36-17-7-4-8-18-36)54-42(52(45)55)22-14-27-58-54/h3-30,49,51H,31-32H2,1-2H3. The van der Waals surface area contributed by atoms with Crippen molar-refractivity contribution in [1.82, 2.24) is 15.0 Å². The minimum Gasteiger partial charge on any atom is -0.260 e. The van der Waals surface area contributed by atoms with Gasteiger partial charge in [-0.3, -0.25) is 15.0 Å². The lowest BCUT2D eigenvalue weighted by molar-refractivity contribution is 0.889. The van der Waals surface area contributed by atoms with E-state index in [9.17, 15) is 0 Å². The van der Waals surface area contributed by atoms with Crippen LogP contribution >= 0.6 is 0 Å². The smallest absolute Gasteiger partial charge is 0.242 e. The summed E-state index contributed by atoms with van der Waals surface area (Å²) in [5.41, 5.74) is 27.5. The monoisotopic (exact) mass is 753 g/mol. The molecule has 4 aliphatic rings. The highest BCUT2D eigenvalue weighted by molar-refractivity contribution is 6.97. The van der Waals surface area contributed by atoms with Gasteiger partial charge in [0.15, 0.2) is 0 Å². The van der Waals surface area contributed by atoms with E-state index < -0.39 is 0 Å². The average molecular weight is 754 g/mol. The van der Waals surface area contributed by atoms with E-state index in [-0.39, 0.29) is 18.5 Å². The summed E-state index contributed by atoms with van der Waals surface area (Å²) in [5.74, 6) is 0.328. The van der Waals surface area contributed by atoms with Crippen LogP contribution in [0.3, 0.4) is 0 Å². The quantitative estimate of drug-likeness (QED) is 0.164. The Hall–Kier alpha value is -6.91. The molecule has 0 saturated carbocycles. The number of hydrogen-bond donors (Lipinski definition) is 0. The zero-order valence-electron chi connectivity index (χ0n) is 33.2. The van der Waals surface area contributed by atoms with Gasteiger partial charge in [-0.05, 0) is 113 Å². The molecule has 3 aromatic heterocycles. The van der Waals surface area contributed by atoms with Crippen LogP contribution in [0.25, 0.3) is 22.4 Å². The fraction of sp³-hybridized carbons (Fsp3) is 0.109. The molecule has 3 aliphatic carbocycles. The number of pyridine rings is 3. The first-order valence-electron chi connectivity index (χ1n) is 20.9. The maximum Gasteiger partial charge on any atom is 0.242 e. The van der Waals surface area contributed by atoms with E-state index in [0.29, 0.717) is 0 Å². The summed E-state index contributed by atoms with van der Waals surface area (Å²) in [5, 5.41) is 0. The van der Waals surface area contributed by atoms with Gasteiger partial charge in [-0.15, -0.1) is 0 Å². The lowest BCUT2D eigenvalue weighted by Crippen LogP contribution is -2.59.